The number of anilines is 1. The molecule has 1 aliphatic heterocycles. The van der Waals surface area contributed by atoms with E-state index in [2.05, 4.69) is 15.3 Å². The highest BCUT2D eigenvalue weighted by Crippen LogP contribution is 2.19. The number of carbonyl (C=O) groups excluding carboxylic acids is 1. The van der Waals surface area contributed by atoms with Crippen LogP contribution in [0.25, 0.3) is 0 Å². The van der Waals surface area contributed by atoms with Gasteiger partial charge in [-0.1, -0.05) is 5.16 Å². The molecule has 1 aliphatic rings. The van der Waals surface area contributed by atoms with Gasteiger partial charge < -0.3 is 15.3 Å². The van der Waals surface area contributed by atoms with Crippen LogP contribution in [-0.4, -0.2) is 28.8 Å². The molecule has 0 radical (unpaired) electrons. The van der Waals surface area contributed by atoms with Crippen LogP contribution in [0.4, 0.5) is 18.9 Å². The van der Waals surface area contributed by atoms with E-state index in [1.165, 1.54) is 0 Å². The third-order valence-corrected chi connectivity index (χ3v) is 2.46. The SMILES string of the molecule is O=C(O)C1=NOC(C(=O)Nc2cc(F)c(F)c(F)c2)C1. The highest BCUT2D eigenvalue weighted by molar-refractivity contribution is 6.36. The lowest BCUT2D eigenvalue weighted by molar-refractivity contribution is -0.129. The lowest BCUT2D eigenvalue weighted by Crippen LogP contribution is -2.29. The van der Waals surface area contributed by atoms with Crippen LogP contribution in [0.2, 0.25) is 0 Å². The van der Waals surface area contributed by atoms with Gasteiger partial charge in [0.05, 0.1) is 0 Å². The second-order valence-electron chi connectivity index (χ2n) is 3.88. The molecule has 0 bridgehead atoms. The summed E-state index contributed by atoms with van der Waals surface area (Å²) in [7, 11) is 0. The number of hydrogen-bond donors (Lipinski definition) is 2. The zero-order chi connectivity index (χ0) is 14.9. The van der Waals surface area contributed by atoms with Gasteiger partial charge in [-0.25, -0.2) is 18.0 Å². The van der Waals surface area contributed by atoms with Gasteiger partial charge in [-0.05, 0) is 0 Å². The number of nitrogens with zero attached hydrogens (tertiary/aromatic N) is 1. The predicted molar refractivity (Wildman–Crippen MR) is 59.5 cm³/mol. The summed E-state index contributed by atoms with van der Waals surface area (Å²) in [6.45, 7) is 0. The summed E-state index contributed by atoms with van der Waals surface area (Å²) in [5.41, 5.74) is -0.666. The Morgan fingerprint density at radius 1 is 1.30 bits per heavy atom. The Hall–Kier alpha value is -2.58. The van der Waals surface area contributed by atoms with Gasteiger partial charge >= 0.3 is 5.97 Å². The molecular weight excluding hydrogens is 281 g/mol. The lowest BCUT2D eigenvalue weighted by Gasteiger charge is -2.09. The zero-order valence-corrected chi connectivity index (χ0v) is 9.69. The largest absolute Gasteiger partial charge is 0.477 e. The molecule has 0 fully saturated rings. The number of hydrogen-bond acceptors (Lipinski definition) is 4. The van der Waals surface area contributed by atoms with Crippen LogP contribution in [0.5, 0.6) is 0 Å². The molecule has 2 N–H and O–H groups in total. The highest BCUT2D eigenvalue weighted by atomic mass is 19.2. The van der Waals surface area contributed by atoms with Crippen molar-refractivity contribution in [2.45, 2.75) is 12.5 Å². The van der Waals surface area contributed by atoms with Crippen LogP contribution in [-0.2, 0) is 14.4 Å². The van der Waals surface area contributed by atoms with E-state index >= 15 is 0 Å². The molecule has 0 aromatic heterocycles. The molecule has 0 spiro atoms. The molecule has 0 saturated carbocycles. The van der Waals surface area contributed by atoms with E-state index in [0.717, 1.165) is 0 Å². The standard InChI is InChI=1S/C11H7F3N2O4/c12-5-1-4(2-6(13)9(5)14)15-10(17)8-3-7(11(18)19)16-20-8/h1-2,8H,3H2,(H,15,17)(H,18,19). The third-order valence-electron chi connectivity index (χ3n) is 2.46. The first-order chi connectivity index (χ1) is 9.38. The summed E-state index contributed by atoms with van der Waals surface area (Å²) >= 11 is 0. The van der Waals surface area contributed by atoms with Gasteiger partial charge in [-0.15, -0.1) is 0 Å². The highest BCUT2D eigenvalue weighted by Gasteiger charge is 2.31. The van der Waals surface area contributed by atoms with Crippen LogP contribution in [0, 0.1) is 17.5 Å². The van der Waals surface area contributed by atoms with Crippen molar-refractivity contribution in [2.24, 2.45) is 5.16 Å². The number of carboxylic acids is 1. The van der Waals surface area contributed by atoms with Gasteiger partial charge in [-0.2, -0.15) is 0 Å². The Bertz CT molecular complexity index is 595. The number of carboxylic acid groups (broad SMARTS) is 1. The summed E-state index contributed by atoms with van der Waals surface area (Å²) in [6, 6.07) is 1.18. The molecule has 1 aromatic rings. The Kier molecular flexibility index (Phi) is 3.59. The molecule has 2 rings (SSSR count). The van der Waals surface area contributed by atoms with Crippen molar-refractivity contribution in [1.82, 2.24) is 0 Å². The summed E-state index contributed by atoms with van der Waals surface area (Å²) < 4.78 is 38.6. The number of benzene rings is 1. The number of nitrogens with one attached hydrogen (secondary N) is 1. The maximum atomic E-state index is 12.9. The van der Waals surface area contributed by atoms with Crippen LogP contribution >= 0.6 is 0 Å². The second-order valence-corrected chi connectivity index (χ2v) is 3.88. The number of halogens is 3. The first kappa shape index (κ1) is 13.8. The van der Waals surface area contributed by atoms with Crippen LogP contribution in [0.15, 0.2) is 17.3 Å². The summed E-state index contributed by atoms with van der Waals surface area (Å²) in [6.07, 6.45) is -1.51. The van der Waals surface area contributed by atoms with Gasteiger partial charge in [0.2, 0.25) is 6.10 Å². The average Bonchev–Trinajstić information content (AvgIpc) is 2.85. The van der Waals surface area contributed by atoms with E-state index < -0.39 is 35.4 Å². The van der Waals surface area contributed by atoms with E-state index in [4.69, 9.17) is 5.11 Å². The van der Waals surface area contributed by atoms with E-state index in [-0.39, 0.29) is 17.8 Å². The molecule has 106 valence electrons. The smallest absolute Gasteiger partial charge is 0.353 e. The third kappa shape index (κ3) is 2.71. The molecule has 6 nitrogen and oxygen atoms in total. The molecule has 1 heterocycles. The van der Waals surface area contributed by atoms with Crippen molar-refractivity contribution in [3.8, 4) is 0 Å². The molecule has 1 unspecified atom stereocenters. The fraction of sp³-hybridized carbons (Fsp3) is 0.182. The molecule has 9 heteroatoms. The van der Waals surface area contributed by atoms with Crippen molar-refractivity contribution in [3.05, 3.63) is 29.6 Å². The fourth-order valence-corrected chi connectivity index (χ4v) is 1.49. The van der Waals surface area contributed by atoms with Crippen LogP contribution in [0.1, 0.15) is 6.42 Å². The Morgan fingerprint density at radius 2 is 1.90 bits per heavy atom. The summed E-state index contributed by atoms with van der Waals surface area (Å²) in [5.74, 6) is -6.77. The van der Waals surface area contributed by atoms with Crippen molar-refractivity contribution >= 4 is 23.3 Å². The summed E-state index contributed by atoms with van der Waals surface area (Å²) in [5, 5.41) is 13.9. The maximum absolute atomic E-state index is 12.9. The molecule has 1 aromatic carbocycles. The minimum atomic E-state index is -1.66. The zero-order valence-electron chi connectivity index (χ0n) is 9.69. The van der Waals surface area contributed by atoms with Gasteiger partial charge in [0.1, 0.15) is 0 Å². The van der Waals surface area contributed by atoms with E-state index in [9.17, 15) is 22.8 Å². The van der Waals surface area contributed by atoms with Crippen molar-refractivity contribution in [1.29, 1.82) is 0 Å². The van der Waals surface area contributed by atoms with Gasteiger partial charge in [0.15, 0.2) is 23.2 Å². The second kappa shape index (κ2) is 5.19. The van der Waals surface area contributed by atoms with Gasteiger partial charge in [0, 0.05) is 24.2 Å². The lowest BCUT2D eigenvalue weighted by atomic mass is 10.1. The van der Waals surface area contributed by atoms with Crippen LogP contribution in [0.3, 0.4) is 0 Å². The number of aliphatic carboxylic acids is 1. The normalized spacial score (nSPS) is 17.4. The Balaban J connectivity index is 2.05. The first-order valence-corrected chi connectivity index (χ1v) is 5.30. The molecule has 0 aliphatic carbocycles. The molecular formula is C11H7F3N2O4. The van der Waals surface area contributed by atoms with Gasteiger partial charge in [0.25, 0.3) is 5.91 Å². The average molecular weight is 288 g/mol. The fourth-order valence-electron chi connectivity index (χ4n) is 1.49. The van der Waals surface area contributed by atoms with Crippen molar-refractivity contribution in [2.75, 3.05) is 5.32 Å². The quantitative estimate of drug-likeness (QED) is 0.820. The number of carbonyl (C=O) groups is 2. The number of amides is 1. The minimum Gasteiger partial charge on any atom is -0.477 e. The topological polar surface area (TPSA) is 88.0 Å². The van der Waals surface area contributed by atoms with E-state index in [0.29, 0.717) is 12.1 Å². The molecule has 1 amide bonds. The van der Waals surface area contributed by atoms with E-state index in [1.807, 2.05) is 0 Å². The molecule has 0 saturated heterocycles. The Morgan fingerprint density at radius 3 is 2.40 bits per heavy atom. The van der Waals surface area contributed by atoms with E-state index in [1.54, 1.807) is 0 Å². The monoisotopic (exact) mass is 288 g/mol. The minimum absolute atomic E-state index is 0.284. The van der Waals surface area contributed by atoms with Crippen molar-refractivity contribution in [3.63, 3.8) is 0 Å². The van der Waals surface area contributed by atoms with Crippen LogP contribution < -0.4 is 5.32 Å². The number of rotatable bonds is 3. The maximum Gasteiger partial charge on any atom is 0.353 e. The molecule has 20 heavy (non-hydrogen) atoms. The summed E-state index contributed by atoms with van der Waals surface area (Å²) in [4.78, 5) is 26.8. The molecule has 1 atom stereocenters. The number of oxime groups is 1. The van der Waals surface area contributed by atoms with Crippen molar-refractivity contribution < 1.29 is 32.7 Å². The predicted octanol–water partition coefficient (Wildman–Crippen LogP) is 1.27. The van der Waals surface area contributed by atoms with Gasteiger partial charge in [-0.3, -0.25) is 4.79 Å². The Labute approximate surface area is 109 Å². The first-order valence-electron chi connectivity index (χ1n) is 5.30.